The van der Waals surface area contributed by atoms with Gasteiger partial charge in [0.25, 0.3) is 0 Å². The fourth-order valence-electron chi connectivity index (χ4n) is 15.3. The lowest BCUT2D eigenvalue weighted by molar-refractivity contribution is -0.167. The second-order valence-corrected chi connectivity index (χ2v) is 39.2. The van der Waals surface area contributed by atoms with Crippen molar-refractivity contribution in [2.24, 2.45) is 52.3 Å². The lowest BCUT2D eigenvalue weighted by Gasteiger charge is -2.35. The maximum absolute atomic E-state index is 15.9. The van der Waals surface area contributed by atoms with Crippen molar-refractivity contribution in [2.75, 3.05) is 19.6 Å². The van der Waals surface area contributed by atoms with Gasteiger partial charge in [0.2, 0.25) is 29.5 Å². The third-order valence-corrected chi connectivity index (χ3v) is 23.0. The Bertz CT molecular complexity index is 5070. The third-order valence-electron chi connectivity index (χ3n) is 22.3. The van der Waals surface area contributed by atoms with E-state index in [4.69, 9.17) is 72.7 Å². The van der Waals surface area contributed by atoms with Gasteiger partial charge in [-0.3, -0.25) is 24.0 Å². The van der Waals surface area contributed by atoms with Gasteiger partial charge in [-0.05, 0) is 196 Å². The average molecular weight is 1790 g/mol. The molecule has 674 valence electrons. The van der Waals surface area contributed by atoms with E-state index in [0.29, 0.717) is 52.0 Å². The van der Waals surface area contributed by atoms with Crippen molar-refractivity contribution >= 4 is 110 Å². The van der Waals surface area contributed by atoms with Gasteiger partial charge >= 0.3 is 47.6 Å². The molecule has 24 nitrogen and oxygen atoms in total. The molecule has 6 aliphatic rings. The Labute approximate surface area is 734 Å². The van der Waals surface area contributed by atoms with Crippen LogP contribution < -0.4 is 19.5 Å². The molecule has 15 atom stereocenters. The molecule has 3 saturated heterocycles. The zero-order valence-electron chi connectivity index (χ0n) is 73.2. The molecule has 3 aromatic heterocycles. The average Bonchev–Trinajstić information content (AvgIpc) is 1.57. The zero-order valence-corrected chi connectivity index (χ0v) is 75.5. The first-order valence-corrected chi connectivity index (χ1v) is 42.7. The number of nitrogens with one attached hydrogen (secondary N) is 1. The van der Waals surface area contributed by atoms with Crippen LogP contribution in [0.2, 0.25) is 15.1 Å². The Morgan fingerprint density at radius 3 is 1.63 bits per heavy atom. The van der Waals surface area contributed by atoms with Gasteiger partial charge < -0.3 is 53.0 Å². The van der Waals surface area contributed by atoms with Crippen LogP contribution in [-0.2, 0) is 75.0 Å². The predicted octanol–water partition coefficient (Wildman–Crippen LogP) is 18.4. The summed E-state index contributed by atoms with van der Waals surface area (Å²) in [4.78, 5) is 123. The van der Waals surface area contributed by atoms with Gasteiger partial charge in [-0.1, -0.05) is 122 Å². The van der Waals surface area contributed by atoms with Crippen LogP contribution in [0.1, 0.15) is 193 Å². The fourth-order valence-corrected chi connectivity index (χ4v) is 15.8. The number of alkyl halides is 6. The number of allylic oxidation sites excluding steroid dienone is 5. The Morgan fingerprint density at radius 1 is 0.613 bits per heavy atom. The summed E-state index contributed by atoms with van der Waals surface area (Å²) in [5.74, 6) is -18.7. The largest absolute Gasteiger partial charge is 0.471 e. The molecule has 6 aromatic rings. The SMILES string of the molecule is C=CC(F)(F)c1nc2ccc(Cl)cc2nc1O[C@H]1CN[C@H](C(=O)OC(C)(C)C)[C@@H]1C.C=CCC[C@@H]1C[C@H]1OC(=O)C[C@H](C(=O)N1C[C@H](Oc2nc3cc(Cl)ccc3nc2C(F)(F)C=C)[C@@H](C)[C@H]1C(=O)OC(C)(C)C)C(C)(C)C.C[C@@H]1[C@@H]2CN(C(=O)[C@H](C(C)(C)C)CC(=O)O[C@@H]3C[C@H]3CC/C=C/C(F)(F)c3nc4ccc(Cl)cc4nc3O2)[C@@H]1C(=O)OC(C)(C)C. The van der Waals surface area contributed by atoms with Crippen LogP contribution in [-0.4, -0.2) is 166 Å². The Morgan fingerprint density at radius 2 is 1.12 bits per heavy atom. The maximum atomic E-state index is 15.9. The second-order valence-electron chi connectivity index (χ2n) is 37.9. The number of ether oxygens (including phenoxy) is 8. The molecular weight excluding hydrogens is 1680 g/mol. The summed E-state index contributed by atoms with van der Waals surface area (Å²) in [6.07, 6.45) is 5.57. The van der Waals surface area contributed by atoms with Gasteiger partial charge in [0.1, 0.15) is 65.4 Å². The Kier molecular flexibility index (Phi) is 29.5. The first-order valence-electron chi connectivity index (χ1n) is 41.5. The minimum absolute atomic E-state index is 0.0470. The molecule has 1 N–H and O–H groups in total. The van der Waals surface area contributed by atoms with Gasteiger partial charge in [-0.15, -0.1) is 6.58 Å². The highest BCUT2D eigenvalue weighted by Crippen LogP contribution is 2.47. The molecule has 124 heavy (non-hydrogen) atoms. The molecule has 2 amide bonds. The van der Waals surface area contributed by atoms with Crippen molar-refractivity contribution in [2.45, 2.75) is 259 Å². The fraction of sp³-hybridized carbons (Fsp3) is 0.571. The standard InChI is InChI=1S/C36H46ClF2N3O6.C34H42ClF2N3O6.C21H24ClF2N3O3/c1-10-12-13-21-16-26(21)46-28(43)18-23(34(4,5)6)32(44)42-19-27(20(3)29(42)33(45)48-35(7,8)9)47-31-30(36(38,39)11-2)40-24-15-14-22(37)17-25(24)41-31;1-18-25-17-40(27(18)31(43)46-33(5,6)7)30(42)21(32(2,3)4)16-26(41)44-24-14-19(24)10-8-9-13-34(36,37)28-29(45-25)39-23-15-20(35)11-12-22(23)38-28;1-6-21(23,24)17-18(27-14-9-12(22)7-8-13(14)26-17)29-15-10-25-16(11(15)2)19(28)30-20(3,4)5/h10-11,14-15,17,20-21,23,26-27,29H,1-2,12-13,16,18-19H2,3-9H3;9,11-13,15,18-19,21,24-25,27H,8,10,14,16-17H2,1-7H3;6-9,11,15-16,25H,1,10H2,2-5H3/b;13-9+;/t20-,21-,23-,26-,27+,29+;18-,19-,21-,24-,25+,27+;11-,15+,16+/m111/s1. The van der Waals surface area contributed by atoms with Gasteiger partial charge in [0.05, 0.1) is 70.9 Å². The van der Waals surface area contributed by atoms with Crippen LogP contribution >= 0.6 is 34.8 Å². The highest BCUT2D eigenvalue weighted by molar-refractivity contribution is 6.32. The molecule has 0 radical (unpaired) electrons. The molecular formula is C91H112Cl3F6N9O15. The number of aromatic nitrogens is 6. The highest BCUT2D eigenvalue weighted by atomic mass is 35.5. The highest BCUT2D eigenvalue weighted by Gasteiger charge is 2.56. The maximum Gasteiger partial charge on any atom is 0.329 e. The topological polar surface area (TPSA) is 289 Å². The number of carbonyl (C=O) groups is 7. The number of likely N-dealkylation sites (tertiary alicyclic amines) is 1. The van der Waals surface area contributed by atoms with Crippen molar-refractivity contribution in [1.82, 2.24) is 45.0 Å². The minimum Gasteiger partial charge on any atom is -0.471 e. The molecule has 0 spiro atoms. The summed E-state index contributed by atoms with van der Waals surface area (Å²) >= 11 is 18.3. The number of halogens is 9. The molecule has 5 fully saturated rings. The molecule has 0 unspecified atom stereocenters. The molecule has 33 heteroatoms. The number of amides is 2. The van der Waals surface area contributed by atoms with E-state index < -0.39 is 176 Å². The van der Waals surface area contributed by atoms with E-state index in [9.17, 15) is 42.3 Å². The number of fused-ring (bicyclic) bond motifs is 7. The van der Waals surface area contributed by atoms with Gasteiger partial charge in [0, 0.05) is 39.4 Å². The van der Waals surface area contributed by atoms with Crippen LogP contribution in [0.3, 0.4) is 0 Å². The van der Waals surface area contributed by atoms with E-state index in [1.807, 2.05) is 47.6 Å². The van der Waals surface area contributed by atoms with Crippen molar-refractivity contribution < 1.29 is 97.8 Å². The van der Waals surface area contributed by atoms with Gasteiger partial charge in [-0.25, -0.2) is 39.5 Å². The van der Waals surface area contributed by atoms with Crippen LogP contribution in [0.4, 0.5) is 26.3 Å². The molecule has 3 aromatic carbocycles. The van der Waals surface area contributed by atoms with Crippen molar-refractivity contribution in [3.05, 3.63) is 137 Å². The van der Waals surface area contributed by atoms with Gasteiger partial charge in [0.15, 0.2) is 17.1 Å². The van der Waals surface area contributed by atoms with E-state index in [1.165, 1.54) is 58.3 Å². The Balaban J connectivity index is 0.000000200. The summed E-state index contributed by atoms with van der Waals surface area (Å²) < 4.78 is 138. The number of nitrogens with zero attached hydrogens (tertiary/aromatic N) is 8. The lowest BCUT2D eigenvalue weighted by atomic mass is 9.77. The number of carbonyl (C=O) groups excluding carboxylic acids is 7. The van der Waals surface area contributed by atoms with Crippen LogP contribution in [0.5, 0.6) is 17.6 Å². The summed E-state index contributed by atoms with van der Waals surface area (Å²) in [5.41, 5.74) is -4.42. The van der Waals surface area contributed by atoms with Crippen LogP contribution in [0, 0.1) is 52.3 Å². The molecule has 7 heterocycles. The zero-order chi connectivity index (χ0) is 91.8. The van der Waals surface area contributed by atoms with E-state index in [0.717, 1.165) is 25.3 Å². The molecule has 2 bridgehead atoms. The smallest absolute Gasteiger partial charge is 0.329 e. The van der Waals surface area contributed by atoms with E-state index in [-0.39, 0.29) is 95.9 Å². The lowest BCUT2D eigenvalue weighted by Crippen LogP contribution is -2.50. The summed E-state index contributed by atoms with van der Waals surface area (Å²) in [6.45, 7) is 42.0. The quantitative estimate of drug-likeness (QED) is 0.0362. The van der Waals surface area contributed by atoms with Gasteiger partial charge in [-0.2, -0.15) is 26.3 Å². The minimum atomic E-state index is -3.61. The second kappa shape index (κ2) is 37.7. The molecule has 12 rings (SSSR count). The normalized spacial score (nSPS) is 25.3. The predicted molar refractivity (Wildman–Crippen MR) is 456 cm³/mol. The Hall–Kier alpha value is -9.26. The van der Waals surface area contributed by atoms with Crippen LogP contribution in [0.15, 0.2) is 105 Å². The van der Waals surface area contributed by atoms with E-state index in [1.54, 1.807) is 95.2 Å². The number of hydrogen-bond donors (Lipinski definition) is 1. The number of esters is 5. The molecule has 2 aliphatic carbocycles. The monoisotopic (exact) mass is 1790 g/mol. The first-order chi connectivity index (χ1) is 57.5. The summed E-state index contributed by atoms with van der Waals surface area (Å²) in [7, 11) is 0. The number of hydrogen-bond acceptors (Lipinski definition) is 22. The van der Waals surface area contributed by atoms with Crippen molar-refractivity contribution in [1.29, 1.82) is 0 Å². The van der Waals surface area contributed by atoms with E-state index in [2.05, 4.69) is 55.0 Å². The summed E-state index contributed by atoms with van der Waals surface area (Å²) in [6, 6.07) is 10.7. The van der Waals surface area contributed by atoms with Crippen molar-refractivity contribution in [3.63, 3.8) is 0 Å². The third kappa shape index (κ3) is 24.1. The van der Waals surface area contributed by atoms with E-state index >= 15 is 17.6 Å². The number of rotatable bonds is 18. The summed E-state index contributed by atoms with van der Waals surface area (Å²) in [5, 5.41) is 4.10. The molecule has 4 aliphatic heterocycles. The first kappa shape index (κ1) is 96.9. The number of benzene rings is 3. The molecule has 2 saturated carbocycles. The van der Waals surface area contributed by atoms with Crippen LogP contribution in [0.25, 0.3) is 33.1 Å². The van der Waals surface area contributed by atoms with Crippen molar-refractivity contribution in [3.8, 4) is 17.6 Å².